The van der Waals surface area contributed by atoms with Gasteiger partial charge in [0.1, 0.15) is 11.7 Å². The van der Waals surface area contributed by atoms with E-state index < -0.39 is 17.3 Å². The molecule has 1 atom stereocenters. The minimum atomic E-state index is -0.899. The predicted molar refractivity (Wildman–Crippen MR) is 66.9 cm³/mol. The zero-order valence-corrected chi connectivity index (χ0v) is 11.6. The van der Waals surface area contributed by atoms with Gasteiger partial charge in [0, 0.05) is 17.8 Å². The number of carbonyl (C=O) groups excluding carboxylic acids is 3. The van der Waals surface area contributed by atoms with Crippen molar-refractivity contribution in [3.05, 3.63) is 0 Å². The summed E-state index contributed by atoms with van der Waals surface area (Å²) in [5.74, 6) is -1.68. The largest absolute Gasteiger partial charge is 0.465 e. The summed E-state index contributed by atoms with van der Waals surface area (Å²) in [6, 6.07) is 0. The standard InChI is InChI=1S/C14H22O4/c1-5-18-13(17)10(12(16)9-6-7-9)8-11(15)14(2,3)4/h9-10H,5-8H2,1-4H3. The molecule has 0 aromatic rings. The molecule has 0 aromatic carbocycles. The number of carbonyl (C=O) groups is 3. The van der Waals surface area contributed by atoms with Gasteiger partial charge in [-0.1, -0.05) is 20.8 Å². The van der Waals surface area contributed by atoms with Crippen molar-refractivity contribution in [3.63, 3.8) is 0 Å². The number of rotatable bonds is 6. The second-order valence-electron chi connectivity index (χ2n) is 5.86. The van der Waals surface area contributed by atoms with Gasteiger partial charge >= 0.3 is 5.97 Å². The molecule has 18 heavy (non-hydrogen) atoms. The van der Waals surface area contributed by atoms with E-state index in [1.807, 2.05) is 0 Å². The second kappa shape index (κ2) is 5.63. The van der Waals surface area contributed by atoms with Crippen LogP contribution in [0.4, 0.5) is 0 Å². The molecular weight excluding hydrogens is 232 g/mol. The van der Waals surface area contributed by atoms with Gasteiger partial charge in [-0.3, -0.25) is 14.4 Å². The molecule has 1 aliphatic carbocycles. The summed E-state index contributed by atoms with van der Waals surface area (Å²) in [4.78, 5) is 35.8. The topological polar surface area (TPSA) is 60.4 Å². The van der Waals surface area contributed by atoms with Crippen LogP contribution in [0.25, 0.3) is 0 Å². The molecule has 1 fully saturated rings. The van der Waals surface area contributed by atoms with Crippen LogP contribution >= 0.6 is 0 Å². The summed E-state index contributed by atoms with van der Waals surface area (Å²) >= 11 is 0. The maximum absolute atomic E-state index is 12.0. The maximum atomic E-state index is 12.0. The fourth-order valence-corrected chi connectivity index (χ4v) is 1.69. The SMILES string of the molecule is CCOC(=O)C(CC(=O)C(C)(C)C)C(=O)C1CC1. The minimum absolute atomic E-state index is 0.0301. The van der Waals surface area contributed by atoms with Crippen LogP contribution in [-0.2, 0) is 19.1 Å². The van der Waals surface area contributed by atoms with Crippen molar-refractivity contribution in [1.29, 1.82) is 0 Å². The average molecular weight is 254 g/mol. The molecule has 0 aromatic heterocycles. The fraction of sp³-hybridized carbons (Fsp3) is 0.786. The van der Waals surface area contributed by atoms with E-state index in [9.17, 15) is 14.4 Å². The maximum Gasteiger partial charge on any atom is 0.316 e. The molecule has 0 heterocycles. The van der Waals surface area contributed by atoms with Gasteiger partial charge in [-0.25, -0.2) is 0 Å². The highest BCUT2D eigenvalue weighted by Gasteiger charge is 2.41. The third-order valence-electron chi connectivity index (χ3n) is 3.12. The van der Waals surface area contributed by atoms with Gasteiger partial charge in [0.25, 0.3) is 0 Å². The number of hydrogen-bond donors (Lipinski definition) is 0. The third kappa shape index (κ3) is 3.93. The highest BCUT2D eigenvalue weighted by Crippen LogP contribution is 2.34. The second-order valence-corrected chi connectivity index (χ2v) is 5.86. The molecule has 4 nitrogen and oxygen atoms in total. The van der Waals surface area contributed by atoms with Crippen molar-refractivity contribution in [3.8, 4) is 0 Å². The third-order valence-corrected chi connectivity index (χ3v) is 3.12. The van der Waals surface area contributed by atoms with Crippen LogP contribution < -0.4 is 0 Å². The molecule has 4 heteroatoms. The Hall–Kier alpha value is -1.19. The molecule has 0 spiro atoms. The monoisotopic (exact) mass is 254 g/mol. The number of ketones is 2. The van der Waals surface area contributed by atoms with E-state index in [0.717, 1.165) is 12.8 Å². The Morgan fingerprint density at radius 3 is 2.17 bits per heavy atom. The van der Waals surface area contributed by atoms with Crippen LogP contribution in [0.2, 0.25) is 0 Å². The highest BCUT2D eigenvalue weighted by molar-refractivity contribution is 6.04. The van der Waals surface area contributed by atoms with Crippen molar-refractivity contribution < 1.29 is 19.1 Å². The van der Waals surface area contributed by atoms with Gasteiger partial charge < -0.3 is 4.74 Å². The first-order valence-corrected chi connectivity index (χ1v) is 6.51. The van der Waals surface area contributed by atoms with Gasteiger partial charge in [0.05, 0.1) is 6.61 Å². The average Bonchev–Trinajstić information content (AvgIpc) is 3.07. The van der Waals surface area contributed by atoms with E-state index in [4.69, 9.17) is 4.74 Å². The van der Waals surface area contributed by atoms with Gasteiger partial charge in [-0.05, 0) is 19.8 Å². The van der Waals surface area contributed by atoms with Crippen LogP contribution in [0.1, 0.15) is 47.0 Å². The van der Waals surface area contributed by atoms with E-state index in [2.05, 4.69) is 0 Å². The number of ether oxygens (including phenoxy) is 1. The molecule has 0 aliphatic heterocycles. The normalized spacial score (nSPS) is 17.1. The van der Waals surface area contributed by atoms with Crippen LogP contribution in [0, 0.1) is 17.3 Å². The molecule has 1 saturated carbocycles. The first kappa shape index (κ1) is 14.9. The van der Waals surface area contributed by atoms with E-state index >= 15 is 0 Å². The zero-order valence-electron chi connectivity index (χ0n) is 11.6. The molecule has 1 aliphatic rings. The van der Waals surface area contributed by atoms with Gasteiger partial charge in [-0.2, -0.15) is 0 Å². The van der Waals surface area contributed by atoms with Gasteiger partial charge in [-0.15, -0.1) is 0 Å². The lowest BCUT2D eigenvalue weighted by Crippen LogP contribution is -2.33. The molecular formula is C14H22O4. The lowest BCUT2D eigenvalue weighted by Gasteiger charge is -2.20. The van der Waals surface area contributed by atoms with E-state index in [1.54, 1.807) is 27.7 Å². The zero-order chi connectivity index (χ0) is 13.9. The van der Waals surface area contributed by atoms with Crippen LogP contribution in [-0.4, -0.2) is 24.1 Å². The Bertz CT molecular complexity index is 347. The summed E-state index contributed by atoms with van der Waals surface area (Å²) in [6.07, 6.45) is 1.63. The highest BCUT2D eigenvalue weighted by atomic mass is 16.5. The summed E-state index contributed by atoms with van der Waals surface area (Å²) < 4.78 is 4.90. The molecule has 1 rings (SSSR count). The minimum Gasteiger partial charge on any atom is -0.465 e. The summed E-state index contributed by atoms with van der Waals surface area (Å²) in [5, 5.41) is 0. The van der Waals surface area contributed by atoms with E-state index in [1.165, 1.54) is 0 Å². The Labute approximate surface area is 108 Å². The van der Waals surface area contributed by atoms with Gasteiger partial charge in [0.2, 0.25) is 0 Å². The molecule has 0 saturated heterocycles. The van der Waals surface area contributed by atoms with Crippen LogP contribution in [0.3, 0.4) is 0 Å². The molecule has 102 valence electrons. The Morgan fingerprint density at radius 2 is 1.78 bits per heavy atom. The lowest BCUT2D eigenvalue weighted by atomic mass is 9.83. The summed E-state index contributed by atoms with van der Waals surface area (Å²) in [7, 11) is 0. The van der Waals surface area contributed by atoms with Crippen molar-refractivity contribution in [2.75, 3.05) is 6.61 Å². The van der Waals surface area contributed by atoms with Crippen molar-refractivity contribution in [2.24, 2.45) is 17.3 Å². The summed E-state index contributed by atoms with van der Waals surface area (Å²) in [6.45, 7) is 7.30. The van der Waals surface area contributed by atoms with Crippen molar-refractivity contribution in [1.82, 2.24) is 0 Å². The van der Waals surface area contributed by atoms with Crippen LogP contribution in [0.15, 0.2) is 0 Å². The first-order valence-electron chi connectivity index (χ1n) is 6.51. The molecule has 0 amide bonds. The summed E-state index contributed by atoms with van der Waals surface area (Å²) in [5.41, 5.74) is -0.533. The number of Topliss-reactive ketones (excluding diaryl/α,β-unsaturated/α-hetero) is 2. The molecule has 0 N–H and O–H groups in total. The number of hydrogen-bond acceptors (Lipinski definition) is 4. The van der Waals surface area contributed by atoms with E-state index in [0.29, 0.717) is 0 Å². The van der Waals surface area contributed by atoms with Gasteiger partial charge in [0.15, 0.2) is 5.78 Å². The quantitative estimate of drug-likeness (QED) is 0.538. The van der Waals surface area contributed by atoms with E-state index in [-0.39, 0.29) is 30.5 Å². The Kier molecular flexibility index (Phi) is 4.65. The number of esters is 1. The Balaban J connectivity index is 2.74. The van der Waals surface area contributed by atoms with Crippen LogP contribution in [0.5, 0.6) is 0 Å². The first-order chi connectivity index (χ1) is 8.27. The van der Waals surface area contributed by atoms with Crippen molar-refractivity contribution in [2.45, 2.75) is 47.0 Å². The molecule has 0 bridgehead atoms. The lowest BCUT2D eigenvalue weighted by molar-refractivity contribution is -0.154. The molecule has 1 unspecified atom stereocenters. The smallest absolute Gasteiger partial charge is 0.316 e. The van der Waals surface area contributed by atoms with Crippen molar-refractivity contribution >= 4 is 17.5 Å². The predicted octanol–water partition coefficient (Wildman–Crippen LogP) is 2.15. The molecule has 0 radical (unpaired) electrons. The Morgan fingerprint density at radius 1 is 1.22 bits per heavy atom. The fourth-order valence-electron chi connectivity index (χ4n) is 1.69.